The van der Waals surface area contributed by atoms with Crippen molar-refractivity contribution in [2.45, 2.75) is 45.1 Å². The lowest BCUT2D eigenvalue weighted by atomic mass is 9.90. The second-order valence-corrected chi connectivity index (χ2v) is 6.51. The van der Waals surface area contributed by atoms with Crippen LogP contribution in [0.1, 0.15) is 49.7 Å². The molecule has 2 rings (SSSR count). The fraction of sp³-hybridized carbons (Fsp3) is 0.625. The third-order valence-corrected chi connectivity index (χ3v) is 3.61. The molecule has 0 radical (unpaired) electrons. The number of hydrogen-bond donors (Lipinski definition) is 2. The maximum Gasteiger partial charge on any atom is 0.251 e. The first kappa shape index (κ1) is 15.8. The summed E-state index contributed by atoms with van der Waals surface area (Å²) in [6, 6.07) is 3.77. The first-order chi connectivity index (χ1) is 9.90. The zero-order valence-electron chi connectivity index (χ0n) is 13.3. The van der Waals surface area contributed by atoms with Gasteiger partial charge < -0.3 is 15.4 Å². The molecule has 5 nitrogen and oxygen atoms in total. The highest BCUT2D eigenvalue weighted by molar-refractivity contribution is 5.95. The zero-order valence-corrected chi connectivity index (χ0v) is 13.3. The van der Waals surface area contributed by atoms with Crippen LogP contribution in [0.3, 0.4) is 0 Å². The van der Waals surface area contributed by atoms with Crippen molar-refractivity contribution in [3.8, 4) is 0 Å². The summed E-state index contributed by atoms with van der Waals surface area (Å²) in [6.07, 6.45) is 1.97. The van der Waals surface area contributed by atoms with Gasteiger partial charge >= 0.3 is 0 Å². The van der Waals surface area contributed by atoms with Gasteiger partial charge in [0.15, 0.2) is 0 Å². The lowest BCUT2D eigenvalue weighted by molar-refractivity contribution is 0.0624. The van der Waals surface area contributed by atoms with Crippen LogP contribution in [-0.4, -0.2) is 37.2 Å². The standard InChI is InChI=1S/C16H25N3O2/c1-16(2,3)13-8-11(9-14(17-4)19-13)15(20)18-12-6-5-7-21-10-12/h8-9,12H,5-7,10H2,1-4H3,(H,17,19)(H,18,20). The van der Waals surface area contributed by atoms with Crippen LogP contribution in [-0.2, 0) is 10.2 Å². The first-order valence-electron chi connectivity index (χ1n) is 7.49. The molecule has 1 amide bonds. The molecule has 0 bridgehead atoms. The van der Waals surface area contributed by atoms with Gasteiger partial charge in [0, 0.05) is 30.3 Å². The van der Waals surface area contributed by atoms with E-state index in [1.165, 1.54) is 0 Å². The van der Waals surface area contributed by atoms with E-state index in [9.17, 15) is 4.79 Å². The number of nitrogens with zero attached hydrogens (tertiary/aromatic N) is 1. The van der Waals surface area contributed by atoms with Crippen LogP contribution < -0.4 is 10.6 Å². The fourth-order valence-electron chi connectivity index (χ4n) is 2.30. The number of carbonyl (C=O) groups is 1. The fourth-order valence-corrected chi connectivity index (χ4v) is 2.30. The van der Waals surface area contributed by atoms with Crippen LogP contribution in [0, 0.1) is 0 Å². The van der Waals surface area contributed by atoms with Gasteiger partial charge in [-0.2, -0.15) is 0 Å². The van der Waals surface area contributed by atoms with Gasteiger partial charge in [-0.25, -0.2) is 4.98 Å². The molecule has 1 unspecified atom stereocenters. The summed E-state index contributed by atoms with van der Waals surface area (Å²) >= 11 is 0. The third kappa shape index (κ3) is 4.17. The Morgan fingerprint density at radius 3 is 2.71 bits per heavy atom. The summed E-state index contributed by atoms with van der Waals surface area (Å²) in [4.78, 5) is 17.0. The summed E-state index contributed by atoms with van der Waals surface area (Å²) in [7, 11) is 1.81. The van der Waals surface area contributed by atoms with E-state index in [4.69, 9.17) is 4.74 Å². The van der Waals surface area contributed by atoms with Crippen LogP contribution in [0.2, 0.25) is 0 Å². The molecular formula is C16H25N3O2. The van der Waals surface area contributed by atoms with Crippen molar-refractivity contribution in [1.29, 1.82) is 0 Å². The molecule has 2 N–H and O–H groups in total. The van der Waals surface area contributed by atoms with E-state index in [1.807, 2.05) is 13.1 Å². The Bertz CT molecular complexity index is 503. The molecule has 1 aliphatic rings. The number of amides is 1. The van der Waals surface area contributed by atoms with Crippen LogP contribution in [0.5, 0.6) is 0 Å². The van der Waals surface area contributed by atoms with Gasteiger partial charge in [0.2, 0.25) is 0 Å². The molecule has 0 spiro atoms. The maximum absolute atomic E-state index is 12.4. The van der Waals surface area contributed by atoms with E-state index >= 15 is 0 Å². The molecule has 0 aliphatic carbocycles. The number of hydrogen-bond acceptors (Lipinski definition) is 4. The van der Waals surface area contributed by atoms with Crippen molar-refractivity contribution in [2.75, 3.05) is 25.6 Å². The highest BCUT2D eigenvalue weighted by Crippen LogP contribution is 2.23. The monoisotopic (exact) mass is 291 g/mol. The van der Waals surface area contributed by atoms with Gasteiger partial charge in [0.1, 0.15) is 5.82 Å². The average molecular weight is 291 g/mol. The first-order valence-corrected chi connectivity index (χ1v) is 7.49. The number of rotatable bonds is 3. The normalized spacial score (nSPS) is 19.1. The Morgan fingerprint density at radius 2 is 2.14 bits per heavy atom. The van der Waals surface area contributed by atoms with E-state index in [2.05, 4.69) is 36.4 Å². The molecule has 21 heavy (non-hydrogen) atoms. The Labute approximate surface area is 126 Å². The lowest BCUT2D eigenvalue weighted by Crippen LogP contribution is -2.40. The van der Waals surface area contributed by atoms with Gasteiger partial charge in [-0.1, -0.05) is 20.8 Å². The Kier molecular flexibility index (Phi) is 4.83. The Morgan fingerprint density at radius 1 is 1.38 bits per heavy atom. The molecule has 116 valence electrons. The second kappa shape index (κ2) is 6.43. The second-order valence-electron chi connectivity index (χ2n) is 6.51. The highest BCUT2D eigenvalue weighted by Gasteiger charge is 2.21. The molecule has 1 atom stereocenters. The molecule has 1 aliphatic heterocycles. The topological polar surface area (TPSA) is 63.2 Å². The van der Waals surface area contributed by atoms with E-state index in [0.717, 1.165) is 25.1 Å². The van der Waals surface area contributed by atoms with Gasteiger partial charge in [-0.05, 0) is 25.0 Å². The minimum Gasteiger partial charge on any atom is -0.379 e. The van der Waals surface area contributed by atoms with Gasteiger partial charge in [-0.3, -0.25) is 4.79 Å². The van der Waals surface area contributed by atoms with E-state index in [-0.39, 0.29) is 17.4 Å². The summed E-state index contributed by atoms with van der Waals surface area (Å²) in [5.41, 5.74) is 1.44. The van der Waals surface area contributed by atoms with Crippen LogP contribution >= 0.6 is 0 Å². The van der Waals surface area contributed by atoms with E-state index in [0.29, 0.717) is 18.0 Å². The summed E-state index contributed by atoms with van der Waals surface area (Å²) in [5, 5.41) is 6.07. The molecule has 0 saturated carbocycles. The molecule has 5 heteroatoms. The summed E-state index contributed by atoms with van der Waals surface area (Å²) in [5.74, 6) is 0.655. The number of pyridine rings is 1. The number of aromatic nitrogens is 1. The van der Waals surface area contributed by atoms with Gasteiger partial charge in [-0.15, -0.1) is 0 Å². The predicted octanol–water partition coefficient (Wildman–Crippen LogP) is 2.33. The SMILES string of the molecule is CNc1cc(C(=O)NC2CCCOC2)cc(C(C)(C)C)n1. The van der Waals surface area contributed by atoms with Crippen LogP contribution in [0.15, 0.2) is 12.1 Å². The molecule has 1 aromatic heterocycles. The Balaban J connectivity index is 2.19. The average Bonchev–Trinajstić information content (AvgIpc) is 2.46. The molecule has 1 fully saturated rings. The van der Waals surface area contributed by atoms with Crippen molar-refractivity contribution < 1.29 is 9.53 Å². The van der Waals surface area contributed by atoms with Gasteiger partial charge in [0.25, 0.3) is 5.91 Å². The lowest BCUT2D eigenvalue weighted by Gasteiger charge is -2.24. The van der Waals surface area contributed by atoms with Crippen LogP contribution in [0.25, 0.3) is 0 Å². The minimum absolute atomic E-state index is 0.0603. The summed E-state index contributed by atoms with van der Waals surface area (Å²) in [6.45, 7) is 7.66. The minimum atomic E-state index is -0.101. The molecular weight excluding hydrogens is 266 g/mol. The van der Waals surface area contributed by atoms with E-state index < -0.39 is 0 Å². The van der Waals surface area contributed by atoms with Crippen molar-refractivity contribution >= 4 is 11.7 Å². The Hall–Kier alpha value is -1.62. The largest absolute Gasteiger partial charge is 0.379 e. The van der Waals surface area contributed by atoms with E-state index in [1.54, 1.807) is 6.07 Å². The zero-order chi connectivity index (χ0) is 15.5. The smallest absolute Gasteiger partial charge is 0.251 e. The highest BCUT2D eigenvalue weighted by atomic mass is 16.5. The number of nitrogens with one attached hydrogen (secondary N) is 2. The maximum atomic E-state index is 12.4. The van der Waals surface area contributed by atoms with Crippen LogP contribution in [0.4, 0.5) is 5.82 Å². The van der Waals surface area contributed by atoms with Crippen molar-refractivity contribution in [3.05, 3.63) is 23.4 Å². The molecule has 0 aromatic carbocycles. The van der Waals surface area contributed by atoms with Crippen molar-refractivity contribution in [2.24, 2.45) is 0 Å². The summed E-state index contributed by atoms with van der Waals surface area (Å²) < 4.78 is 5.40. The van der Waals surface area contributed by atoms with Crippen molar-refractivity contribution in [3.63, 3.8) is 0 Å². The molecule has 1 saturated heterocycles. The quantitative estimate of drug-likeness (QED) is 0.897. The van der Waals surface area contributed by atoms with Crippen molar-refractivity contribution in [1.82, 2.24) is 10.3 Å². The number of ether oxygens (including phenoxy) is 1. The predicted molar refractivity (Wildman–Crippen MR) is 83.8 cm³/mol. The third-order valence-electron chi connectivity index (χ3n) is 3.61. The van der Waals surface area contributed by atoms with Gasteiger partial charge in [0.05, 0.1) is 12.6 Å². The molecule has 2 heterocycles. The molecule has 1 aromatic rings. The number of anilines is 1. The number of carbonyl (C=O) groups excluding carboxylic acids is 1.